The first-order valence-corrected chi connectivity index (χ1v) is 8.67. The van der Waals surface area contributed by atoms with Crippen LogP contribution in [0.4, 0.5) is 9.18 Å². The molecule has 1 atom stereocenters. The van der Waals surface area contributed by atoms with Gasteiger partial charge in [-0.15, -0.1) is 5.10 Å². The van der Waals surface area contributed by atoms with Crippen LogP contribution in [0.1, 0.15) is 44.5 Å². The molecule has 0 bridgehead atoms. The van der Waals surface area contributed by atoms with Crippen molar-refractivity contribution in [1.82, 2.24) is 30.4 Å². The minimum absolute atomic E-state index is 0.00960. The van der Waals surface area contributed by atoms with E-state index in [-0.39, 0.29) is 12.5 Å². The Labute approximate surface area is 150 Å². The van der Waals surface area contributed by atoms with Gasteiger partial charge in [0, 0.05) is 6.54 Å². The summed E-state index contributed by atoms with van der Waals surface area (Å²) in [6, 6.07) is 5.09. The van der Waals surface area contributed by atoms with Crippen LogP contribution in [0.2, 0.25) is 0 Å². The van der Waals surface area contributed by atoms with E-state index in [0.29, 0.717) is 24.4 Å². The highest BCUT2D eigenvalue weighted by molar-refractivity contribution is 6.07. The molecule has 0 aliphatic carbocycles. The Morgan fingerprint density at radius 2 is 1.92 bits per heavy atom. The van der Waals surface area contributed by atoms with Gasteiger partial charge < -0.3 is 5.32 Å². The van der Waals surface area contributed by atoms with Crippen molar-refractivity contribution in [1.29, 1.82) is 0 Å². The lowest BCUT2D eigenvalue weighted by Crippen LogP contribution is -2.43. The molecule has 3 amide bonds. The number of tetrazole rings is 1. The Morgan fingerprint density at radius 1 is 1.19 bits per heavy atom. The molecule has 2 heterocycles. The molecule has 1 aromatic carbocycles. The van der Waals surface area contributed by atoms with Gasteiger partial charge in [0.05, 0.1) is 6.54 Å². The second-order valence-electron chi connectivity index (χ2n) is 6.26. The number of imide groups is 1. The number of rotatable bonds is 7. The Bertz CT molecular complexity index is 806. The fourth-order valence-corrected chi connectivity index (χ4v) is 3.10. The van der Waals surface area contributed by atoms with Crippen LogP contribution >= 0.6 is 0 Å². The van der Waals surface area contributed by atoms with Crippen molar-refractivity contribution >= 4 is 11.9 Å². The zero-order valence-electron chi connectivity index (χ0n) is 14.8. The Kier molecular flexibility index (Phi) is 4.97. The molecular weight excluding hydrogens is 339 g/mol. The Hall–Kier alpha value is -2.84. The van der Waals surface area contributed by atoms with E-state index in [1.54, 1.807) is 11.6 Å². The van der Waals surface area contributed by atoms with Gasteiger partial charge >= 0.3 is 6.03 Å². The third kappa shape index (κ3) is 3.04. The molecule has 1 N–H and O–H groups in total. The van der Waals surface area contributed by atoms with Crippen LogP contribution in [0.25, 0.3) is 0 Å². The highest BCUT2D eigenvalue weighted by atomic mass is 19.1. The molecule has 0 spiro atoms. The van der Waals surface area contributed by atoms with Gasteiger partial charge in [-0.2, -0.15) is 0 Å². The molecule has 1 saturated heterocycles. The minimum Gasteiger partial charge on any atom is -0.319 e. The molecule has 0 radical (unpaired) electrons. The zero-order chi connectivity index (χ0) is 18.7. The van der Waals surface area contributed by atoms with Crippen LogP contribution in [0.15, 0.2) is 24.3 Å². The number of unbranched alkanes of at least 4 members (excludes halogenated alkanes) is 1. The van der Waals surface area contributed by atoms with E-state index in [1.807, 2.05) is 0 Å². The van der Waals surface area contributed by atoms with Gasteiger partial charge in [-0.3, -0.25) is 9.69 Å². The summed E-state index contributed by atoms with van der Waals surface area (Å²) in [5, 5.41) is 14.3. The standard InChI is InChI=1S/C17H21FN6O2/c1-3-5-10-24-14(20-21-22-24)11-23-15(25)17(4-2,19-16(23)26)12-6-8-13(18)9-7-12/h6-9H,3-5,10-11H2,1-2H3,(H,19,26). The highest BCUT2D eigenvalue weighted by Gasteiger charge is 2.51. The number of carbonyl (C=O) groups is 2. The van der Waals surface area contributed by atoms with Gasteiger partial charge in [0.2, 0.25) is 0 Å². The average molecular weight is 360 g/mol. The fraction of sp³-hybridized carbons (Fsp3) is 0.471. The van der Waals surface area contributed by atoms with Crippen molar-refractivity contribution in [3.8, 4) is 0 Å². The molecule has 0 saturated carbocycles. The molecule has 1 aromatic heterocycles. The summed E-state index contributed by atoms with van der Waals surface area (Å²) in [4.78, 5) is 26.7. The van der Waals surface area contributed by atoms with E-state index in [2.05, 4.69) is 27.8 Å². The number of hydrogen-bond acceptors (Lipinski definition) is 5. The van der Waals surface area contributed by atoms with Crippen molar-refractivity contribution in [3.63, 3.8) is 0 Å². The first kappa shape index (κ1) is 18.0. The van der Waals surface area contributed by atoms with E-state index < -0.39 is 17.4 Å². The highest BCUT2D eigenvalue weighted by Crippen LogP contribution is 2.33. The van der Waals surface area contributed by atoms with Crippen LogP contribution in [-0.4, -0.2) is 37.0 Å². The van der Waals surface area contributed by atoms with E-state index in [0.717, 1.165) is 17.7 Å². The molecule has 3 rings (SSSR count). The van der Waals surface area contributed by atoms with E-state index in [9.17, 15) is 14.0 Å². The number of aromatic nitrogens is 4. The average Bonchev–Trinajstić information content (AvgIpc) is 3.18. The maximum atomic E-state index is 13.2. The zero-order valence-corrected chi connectivity index (χ0v) is 14.8. The number of hydrogen-bond donors (Lipinski definition) is 1. The molecular formula is C17H21FN6O2. The number of amides is 3. The summed E-state index contributed by atoms with van der Waals surface area (Å²) in [5.41, 5.74) is -0.653. The summed E-state index contributed by atoms with van der Waals surface area (Å²) < 4.78 is 14.8. The van der Waals surface area contributed by atoms with Gasteiger partial charge in [-0.1, -0.05) is 32.4 Å². The maximum Gasteiger partial charge on any atom is 0.325 e. The van der Waals surface area contributed by atoms with Crippen LogP contribution in [-0.2, 0) is 23.4 Å². The summed E-state index contributed by atoms with van der Waals surface area (Å²) in [5.74, 6) is -0.335. The van der Waals surface area contributed by atoms with Crippen LogP contribution in [0, 0.1) is 5.82 Å². The van der Waals surface area contributed by atoms with E-state index >= 15 is 0 Å². The summed E-state index contributed by atoms with van der Waals surface area (Å²) in [6.07, 6.45) is 2.22. The Balaban J connectivity index is 1.86. The first-order chi connectivity index (χ1) is 12.5. The van der Waals surface area contributed by atoms with Crippen LogP contribution in [0.3, 0.4) is 0 Å². The SMILES string of the molecule is CCCCn1nnnc1CN1C(=O)NC(CC)(c2ccc(F)cc2)C1=O. The smallest absolute Gasteiger partial charge is 0.319 e. The molecule has 1 unspecified atom stereocenters. The number of urea groups is 1. The molecule has 26 heavy (non-hydrogen) atoms. The maximum absolute atomic E-state index is 13.2. The molecule has 1 fully saturated rings. The van der Waals surface area contributed by atoms with Gasteiger partial charge in [0.25, 0.3) is 5.91 Å². The second-order valence-corrected chi connectivity index (χ2v) is 6.26. The molecule has 9 heteroatoms. The summed E-state index contributed by atoms with van der Waals surface area (Å²) in [6.45, 7) is 4.47. The number of nitrogens with one attached hydrogen (secondary N) is 1. The topological polar surface area (TPSA) is 93.0 Å². The lowest BCUT2D eigenvalue weighted by molar-refractivity contribution is -0.132. The van der Waals surface area contributed by atoms with Gasteiger partial charge in [-0.05, 0) is 41.0 Å². The minimum atomic E-state index is -1.20. The quantitative estimate of drug-likeness (QED) is 0.762. The summed E-state index contributed by atoms with van der Waals surface area (Å²) >= 11 is 0. The first-order valence-electron chi connectivity index (χ1n) is 8.67. The summed E-state index contributed by atoms with van der Waals surface area (Å²) in [7, 11) is 0. The monoisotopic (exact) mass is 360 g/mol. The van der Waals surface area contributed by atoms with Crippen molar-refractivity contribution < 1.29 is 14.0 Å². The largest absolute Gasteiger partial charge is 0.325 e. The molecule has 1 aliphatic heterocycles. The molecule has 2 aromatic rings. The lowest BCUT2D eigenvalue weighted by atomic mass is 9.87. The van der Waals surface area contributed by atoms with Crippen molar-refractivity contribution in [3.05, 3.63) is 41.5 Å². The van der Waals surface area contributed by atoms with Gasteiger partial charge in [-0.25, -0.2) is 13.9 Å². The van der Waals surface area contributed by atoms with Crippen molar-refractivity contribution in [2.24, 2.45) is 0 Å². The van der Waals surface area contributed by atoms with E-state index in [4.69, 9.17) is 0 Å². The second kappa shape index (κ2) is 7.19. The number of nitrogens with zero attached hydrogens (tertiary/aromatic N) is 5. The molecule has 1 aliphatic rings. The fourth-order valence-electron chi connectivity index (χ4n) is 3.10. The predicted molar refractivity (Wildman–Crippen MR) is 90.2 cm³/mol. The van der Waals surface area contributed by atoms with E-state index in [1.165, 1.54) is 24.3 Å². The molecule has 8 nitrogen and oxygen atoms in total. The predicted octanol–water partition coefficient (Wildman–Crippen LogP) is 1.97. The van der Waals surface area contributed by atoms with Gasteiger partial charge in [0.1, 0.15) is 11.4 Å². The van der Waals surface area contributed by atoms with Gasteiger partial charge in [0.15, 0.2) is 5.82 Å². The Morgan fingerprint density at radius 3 is 2.58 bits per heavy atom. The third-order valence-corrected chi connectivity index (χ3v) is 4.67. The third-order valence-electron chi connectivity index (χ3n) is 4.67. The number of carbonyl (C=O) groups excluding carboxylic acids is 2. The number of benzene rings is 1. The van der Waals surface area contributed by atoms with Crippen LogP contribution < -0.4 is 5.32 Å². The van der Waals surface area contributed by atoms with Crippen LogP contribution in [0.5, 0.6) is 0 Å². The number of aryl methyl sites for hydroxylation is 1. The normalized spacial score (nSPS) is 19.9. The van der Waals surface area contributed by atoms with Crippen molar-refractivity contribution in [2.75, 3.05) is 0 Å². The molecule has 138 valence electrons. The lowest BCUT2D eigenvalue weighted by Gasteiger charge is -2.25. The van der Waals surface area contributed by atoms with Crippen molar-refractivity contribution in [2.45, 2.75) is 51.7 Å². The number of halogens is 1.